The second-order valence-corrected chi connectivity index (χ2v) is 8.39. The van der Waals surface area contributed by atoms with E-state index in [9.17, 15) is 9.65 Å². The van der Waals surface area contributed by atoms with Gasteiger partial charge in [0.15, 0.2) is 5.82 Å². The zero-order chi connectivity index (χ0) is 24.0. The van der Waals surface area contributed by atoms with Crippen LogP contribution in [-0.4, -0.2) is 31.9 Å². The van der Waals surface area contributed by atoms with Gasteiger partial charge in [0.2, 0.25) is 0 Å². The SMILES string of the molecule is CNc1ccc(Oc2ccc(N)cc2C)cc1CCN(C)C=Nc1ccc(Br)c(F)c1C#N. The van der Waals surface area contributed by atoms with Gasteiger partial charge in [0.05, 0.1) is 16.5 Å². The summed E-state index contributed by atoms with van der Waals surface area (Å²) in [5.41, 5.74) is 9.77. The van der Waals surface area contributed by atoms with Gasteiger partial charge in [0, 0.05) is 32.0 Å². The predicted molar refractivity (Wildman–Crippen MR) is 135 cm³/mol. The van der Waals surface area contributed by atoms with Gasteiger partial charge in [0.25, 0.3) is 0 Å². The van der Waals surface area contributed by atoms with Crippen molar-refractivity contribution in [3.05, 3.63) is 75.5 Å². The molecule has 0 bridgehead atoms. The van der Waals surface area contributed by atoms with Gasteiger partial charge in [-0.15, -0.1) is 0 Å². The van der Waals surface area contributed by atoms with Crippen molar-refractivity contribution in [3.63, 3.8) is 0 Å². The summed E-state index contributed by atoms with van der Waals surface area (Å²) < 4.78 is 20.4. The molecule has 0 aromatic heterocycles. The minimum absolute atomic E-state index is 0.0886. The Bertz CT molecular complexity index is 1220. The van der Waals surface area contributed by atoms with E-state index in [0.717, 1.165) is 34.7 Å². The average Bonchev–Trinajstić information content (AvgIpc) is 2.80. The number of aliphatic imine (C=N–C) groups is 1. The number of likely N-dealkylation sites (N-methyl/N-ethyl adjacent to an activating group) is 1. The molecule has 0 radical (unpaired) electrons. The molecule has 6 nitrogen and oxygen atoms in total. The molecule has 0 saturated heterocycles. The van der Waals surface area contributed by atoms with Crippen LogP contribution in [0.3, 0.4) is 0 Å². The first kappa shape index (κ1) is 24.1. The molecule has 3 aromatic rings. The third kappa shape index (κ3) is 6.02. The van der Waals surface area contributed by atoms with Crippen LogP contribution in [-0.2, 0) is 6.42 Å². The maximum absolute atomic E-state index is 14.1. The molecule has 8 heteroatoms. The van der Waals surface area contributed by atoms with Crippen LogP contribution in [0.2, 0.25) is 0 Å². The largest absolute Gasteiger partial charge is 0.457 e. The molecular formula is C25H25BrFN5O. The van der Waals surface area contributed by atoms with E-state index in [1.807, 2.05) is 68.4 Å². The molecule has 0 aliphatic carbocycles. The van der Waals surface area contributed by atoms with Crippen LogP contribution in [0, 0.1) is 24.1 Å². The fourth-order valence-electron chi connectivity index (χ4n) is 3.27. The van der Waals surface area contributed by atoms with Crippen molar-refractivity contribution >= 4 is 39.3 Å². The highest BCUT2D eigenvalue weighted by atomic mass is 79.9. The van der Waals surface area contributed by atoms with Gasteiger partial charge in [-0.3, -0.25) is 0 Å². The first-order chi connectivity index (χ1) is 15.8. The number of nitrogens with one attached hydrogen (secondary N) is 1. The molecule has 0 heterocycles. The molecule has 0 spiro atoms. The quantitative estimate of drug-likeness (QED) is 0.220. The van der Waals surface area contributed by atoms with E-state index in [0.29, 0.717) is 12.2 Å². The van der Waals surface area contributed by atoms with E-state index < -0.39 is 5.82 Å². The van der Waals surface area contributed by atoms with Gasteiger partial charge in [0.1, 0.15) is 23.1 Å². The lowest BCUT2D eigenvalue weighted by Crippen LogP contribution is -2.19. The number of hydrogen-bond donors (Lipinski definition) is 2. The highest BCUT2D eigenvalue weighted by molar-refractivity contribution is 9.10. The van der Waals surface area contributed by atoms with Crippen molar-refractivity contribution in [1.82, 2.24) is 4.90 Å². The van der Waals surface area contributed by atoms with Crippen LogP contribution < -0.4 is 15.8 Å². The third-order valence-corrected chi connectivity index (χ3v) is 5.70. The van der Waals surface area contributed by atoms with Crippen LogP contribution in [0.5, 0.6) is 11.5 Å². The number of benzene rings is 3. The van der Waals surface area contributed by atoms with Crippen molar-refractivity contribution in [2.75, 3.05) is 31.7 Å². The van der Waals surface area contributed by atoms with Gasteiger partial charge in [-0.2, -0.15) is 5.26 Å². The molecule has 3 rings (SSSR count). The lowest BCUT2D eigenvalue weighted by molar-refractivity contribution is 0.477. The topological polar surface area (TPSA) is 86.7 Å². The number of nitrogens with two attached hydrogens (primary N) is 1. The lowest BCUT2D eigenvalue weighted by Gasteiger charge is -2.17. The summed E-state index contributed by atoms with van der Waals surface area (Å²) in [5.74, 6) is 0.880. The molecule has 0 aliphatic rings. The monoisotopic (exact) mass is 509 g/mol. The van der Waals surface area contributed by atoms with Gasteiger partial charge >= 0.3 is 0 Å². The van der Waals surface area contributed by atoms with Crippen LogP contribution in [0.4, 0.5) is 21.5 Å². The van der Waals surface area contributed by atoms with Crippen LogP contribution in [0.25, 0.3) is 0 Å². The molecule has 0 aliphatic heterocycles. The number of rotatable bonds is 8. The Labute approximate surface area is 201 Å². The lowest BCUT2D eigenvalue weighted by atomic mass is 10.1. The van der Waals surface area contributed by atoms with Crippen molar-refractivity contribution in [1.29, 1.82) is 5.26 Å². The molecule has 0 amide bonds. The van der Waals surface area contributed by atoms with E-state index in [4.69, 9.17) is 10.5 Å². The highest BCUT2D eigenvalue weighted by Crippen LogP contribution is 2.30. The molecule has 0 saturated carbocycles. The third-order valence-electron chi connectivity index (χ3n) is 5.09. The van der Waals surface area contributed by atoms with Crippen molar-refractivity contribution in [3.8, 4) is 17.6 Å². The van der Waals surface area contributed by atoms with Crippen molar-refractivity contribution in [2.24, 2.45) is 4.99 Å². The van der Waals surface area contributed by atoms with Crippen LogP contribution >= 0.6 is 15.9 Å². The summed E-state index contributed by atoms with van der Waals surface area (Å²) >= 11 is 3.09. The maximum Gasteiger partial charge on any atom is 0.157 e. The first-order valence-electron chi connectivity index (χ1n) is 10.3. The molecule has 0 unspecified atom stereocenters. The van der Waals surface area contributed by atoms with Gasteiger partial charge in [-0.1, -0.05) is 0 Å². The molecule has 0 fully saturated rings. The predicted octanol–water partition coefficient (Wildman–Crippen LogP) is 6.02. The maximum atomic E-state index is 14.1. The number of ether oxygens (including phenoxy) is 1. The number of nitrogen functional groups attached to an aromatic ring is 1. The molecule has 170 valence electrons. The Morgan fingerprint density at radius 3 is 2.73 bits per heavy atom. The molecule has 3 aromatic carbocycles. The summed E-state index contributed by atoms with van der Waals surface area (Å²) in [7, 11) is 3.75. The fraction of sp³-hybridized carbons (Fsp3) is 0.200. The summed E-state index contributed by atoms with van der Waals surface area (Å²) in [4.78, 5) is 6.18. The number of anilines is 2. The summed E-state index contributed by atoms with van der Waals surface area (Å²) in [5, 5.41) is 12.4. The molecule has 33 heavy (non-hydrogen) atoms. The summed E-state index contributed by atoms with van der Waals surface area (Å²) in [6, 6.07) is 16.5. The van der Waals surface area contributed by atoms with Crippen molar-refractivity contribution < 1.29 is 9.13 Å². The Morgan fingerprint density at radius 1 is 1.24 bits per heavy atom. The summed E-state index contributed by atoms with van der Waals surface area (Å²) in [6.07, 6.45) is 2.32. The van der Waals surface area contributed by atoms with E-state index in [2.05, 4.69) is 26.2 Å². The van der Waals surface area contributed by atoms with E-state index >= 15 is 0 Å². The smallest absolute Gasteiger partial charge is 0.157 e. The van der Waals surface area contributed by atoms with Gasteiger partial charge < -0.3 is 20.7 Å². The second kappa shape index (κ2) is 10.8. The number of aryl methyl sites for hydroxylation is 1. The normalized spacial score (nSPS) is 10.8. The van der Waals surface area contributed by atoms with Gasteiger partial charge in [-0.25, -0.2) is 9.38 Å². The minimum atomic E-state index is -0.610. The summed E-state index contributed by atoms with van der Waals surface area (Å²) in [6.45, 7) is 2.61. The number of halogens is 2. The molecule has 3 N–H and O–H groups in total. The van der Waals surface area contributed by atoms with E-state index in [1.54, 1.807) is 12.4 Å². The Kier molecular flexibility index (Phi) is 7.91. The van der Waals surface area contributed by atoms with Crippen LogP contribution in [0.15, 0.2) is 58.0 Å². The average molecular weight is 510 g/mol. The highest BCUT2D eigenvalue weighted by Gasteiger charge is 2.11. The Balaban J connectivity index is 1.71. The molecular weight excluding hydrogens is 485 g/mol. The number of nitriles is 1. The second-order valence-electron chi connectivity index (χ2n) is 7.54. The molecule has 0 atom stereocenters. The number of nitrogens with zero attached hydrogens (tertiary/aromatic N) is 3. The minimum Gasteiger partial charge on any atom is -0.457 e. The first-order valence-corrected chi connectivity index (χ1v) is 11.1. The zero-order valence-electron chi connectivity index (χ0n) is 18.7. The Hall–Kier alpha value is -3.57. The zero-order valence-corrected chi connectivity index (χ0v) is 20.3. The van der Waals surface area contributed by atoms with Crippen molar-refractivity contribution in [2.45, 2.75) is 13.3 Å². The van der Waals surface area contributed by atoms with Crippen LogP contribution in [0.1, 0.15) is 16.7 Å². The standard InChI is InChI=1S/C25H25BrFN5O/c1-16-12-18(29)4-9-24(16)33-19-5-7-22(30-2)17(13-19)10-11-32(3)15-31-23-8-6-21(26)25(27)20(23)14-28/h4-9,12-13,15,30H,10-11,29H2,1-3H3. The fourth-order valence-corrected chi connectivity index (χ4v) is 3.60. The Morgan fingerprint density at radius 2 is 2.03 bits per heavy atom. The number of hydrogen-bond acceptors (Lipinski definition) is 5. The van der Waals surface area contributed by atoms with E-state index in [1.165, 1.54) is 6.07 Å². The van der Waals surface area contributed by atoms with Gasteiger partial charge in [-0.05, 0) is 88.9 Å². The van der Waals surface area contributed by atoms with E-state index in [-0.39, 0.29) is 15.7 Å².